The second kappa shape index (κ2) is 6.89. The molecule has 3 N–H and O–H groups in total. The highest BCUT2D eigenvalue weighted by atomic mass is 16.1. The molecule has 20 heavy (non-hydrogen) atoms. The van der Waals surface area contributed by atoms with Gasteiger partial charge in [0.15, 0.2) is 0 Å². The summed E-state index contributed by atoms with van der Waals surface area (Å²) in [7, 11) is 0. The van der Waals surface area contributed by atoms with Crippen LogP contribution in [0.5, 0.6) is 0 Å². The lowest BCUT2D eigenvalue weighted by atomic mass is 9.69. The summed E-state index contributed by atoms with van der Waals surface area (Å²) in [6.07, 6.45) is 6.56. The smallest absolute Gasteiger partial charge is 0.221 e. The lowest BCUT2D eigenvalue weighted by Gasteiger charge is -2.38. The minimum Gasteiger partial charge on any atom is -0.355 e. The zero-order valence-corrected chi connectivity index (χ0v) is 12.5. The fourth-order valence-electron chi connectivity index (χ4n) is 3.26. The van der Waals surface area contributed by atoms with Crippen LogP contribution in [0.15, 0.2) is 24.3 Å². The monoisotopic (exact) mass is 274 g/mol. The SMILES string of the molecule is Cc1cccc(C2(CNC(=O)CCN)CCCCC2)c1. The molecule has 1 aromatic rings. The van der Waals surface area contributed by atoms with E-state index >= 15 is 0 Å². The summed E-state index contributed by atoms with van der Waals surface area (Å²) in [6.45, 7) is 3.30. The first-order valence-electron chi connectivity index (χ1n) is 7.70. The van der Waals surface area contributed by atoms with Gasteiger partial charge in [-0.05, 0) is 25.3 Å². The van der Waals surface area contributed by atoms with Crippen molar-refractivity contribution in [3.8, 4) is 0 Å². The number of benzene rings is 1. The molecule has 3 nitrogen and oxygen atoms in total. The van der Waals surface area contributed by atoms with Crippen molar-refractivity contribution in [1.29, 1.82) is 0 Å². The topological polar surface area (TPSA) is 55.1 Å². The van der Waals surface area contributed by atoms with Crippen LogP contribution in [-0.2, 0) is 10.2 Å². The molecular formula is C17H26N2O. The quantitative estimate of drug-likeness (QED) is 0.867. The average Bonchev–Trinajstić information content (AvgIpc) is 2.46. The van der Waals surface area contributed by atoms with E-state index in [1.54, 1.807) is 0 Å². The van der Waals surface area contributed by atoms with Crippen LogP contribution < -0.4 is 11.1 Å². The van der Waals surface area contributed by atoms with Gasteiger partial charge in [-0.3, -0.25) is 4.79 Å². The second-order valence-electron chi connectivity index (χ2n) is 6.03. The van der Waals surface area contributed by atoms with E-state index in [1.165, 1.54) is 43.2 Å². The van der Waals surface area contributed by atoms with Crippen LogP contribution in [-0.4, -0.2) is 19.0 Å². The largest absolute Gasteiger partial charge is 0.355 e. The summed E-state index contributed by atoms with van der Waals surface area (Å²) in [5.74, 6) is 0.0742. The average molecular weight is 274 g/mol. The summed E-state index contributed by atoms with van der Waals surface area (Å²) >= 11 is 0. The molecule has 0 atom stereocenters. The van der Waals surface area contributed by atoms with Gasteiger partial charge >= 0.3 is 0 Å². The number of hydrogen-bond donors (Lipinski definition) is 2. The van der Waals surface area contributed by atoms with Crippen LogP contribution in [0.3, 0.4) is 0 Å². The van der Waals surface area contributed by atoms with Crippen LogP contribution >= 0.6 is 0 Å². The third-order valence-corrected chi connectivity index (χ3v) is 4.44. The molecule has 0 heterocycles. The number of carbonyl (C=O) groups excluding carboxylic acids is 1. The lowest BCUT2D eigenvalue weighted by molar-refractivity contribution is -0.121. The zero-order valence-electron chi connectivity index (χ0n) is 12.5. The van der Waals surface area contributed by atoms with Crippen molar-refractivity contribution in [1.82, 2.24) is 5.32 Å². The van der Waals surface area contributed by atoms with Gasteiger partial charge in [0.1, 0.15) is 0 Å². The maximum Gasteiger partial charge on any atom is 0.221 e. The first-order valence-corrected chi connectivity index (χ1v) is 7.70. The molecule has 1 fully saturated rings. The number of nitrogens with one attached hydrogen (secondary N) is 1. The first kappa shape index (κ1) is 15.0. The van der Waals surface area contributed by atoms with Crippen LogP contribution in [0.1, 0.15) is 49.7 Å². The minimum absolute atomic E-state index is 0.0742. The molecule has 0 aliphatic heterocycles. The molecule has 0 unspecified atom stereocenters. The second-order valence-corrected chi connectivity index (χ2v) is 6.03. The Morgan fingerprint density at radius 3 is 2.70 bits per heavy atom. The molecule has 0 saturated heterocycles. The van der Waals surface area contributed by atoms with Crippen LogP contribution in [0.25, 0.3) is 0 Å². The van der Waals surface area contributed by atoms with E-state index in [1.807, 2.05) is 0 Å². The van der Waals surface area contributed by atoms with Crippen LogP contribution in [0.2, 0.25) is 0 Å². The van der Waals surface area contributed by atoms with Gasteiger partial charge in [0.05, 0.1) is 0 Å². The maximum absolute atomic E-state index is 11.7. The molecule has 0 aromatic heterocycles. The number of rotatable bonds is 5. The van der Waals surface area contributed by atoms with Gasteiger partial charge in [-0.1, -0.05) is 49.1 Å². The molecule has 0 bridgehead atoms. The molecule has 0 spiro atoms. The van der Waals surface area contributed by atoms with Crippen molar-refractivity contribution < 1.29 is 4.79 Å². The Morgan fingerprint density at radius 2 is 2.05 bits per heavy atom. The molecule has 1 saturated carbocycles. The predicted octanol–water partition coefficient (Wildman–Crippen LogP) is 2.66. The van der Waals surface area contributed by atoms with Gasteiger partial charge in [-0.15, -0.1) is 0 Å². The fraction of sp³-hybridized carbons (Fsp3) is 0.588. The van der Waals surface area contributed by atoms with Gasteiger partial charge in [0.2, 0.25) is 5.91 Å². The third-order valence-electron chi connectivity index (χ3n) is 4.44. The third kappa shape index (κ3) is 3.60. The maximum atomic E-state index is 11.7. The number of amides is 1. The Bertz CT molecular complexity index is 450. The molecule has 2 rings (SSSR count). The van der Waals surface area contributed by atoms with Gasteiger partial charge in [-0.2, -0.15) is 0 Å². The molecule has 1 aliphatic carbocycles. The number of nitrogens with two attached hydrogens (primary N) is 1. The molecule has 1 aromatic carbocycles. The van der Waals surface area contributed by atoms with E-state index in [-0.39, 0.29) is 11.3 Å². The molecule has 110 valence electrons. The molecule has 1 aliphatic rings. The molecule has 3 heteroatoms. The van der Waals surface area contributed by atoms with Crippen molar-refractivity contribution in [3.63, 3.8) is 0 Å². The zero-order chi connectivity index (χ0) is 14.4. The summed E-state index contributed by atoms with van der Waals surface area (Å²) in [5, 5.41) is 3.09. The Labute approximate surface area is 121 Å². The highest BCUT2D eigenvalue weighted by molar-refractivity contribution is 5.76. The van der Waals surface area contributed by atoms with E-state index in [0.717, 1.165) is 6.54 Å². The Kier molecular flexibility index (Phi) is 5.18. The van der Waals surface area contributed by atoms with Crippen molar-refractivity contribution in [3.05, 3.63) is 35.4 Å². The van der Waals surface area contributed by atoms with Gasteiger partial charge < -0.3 is 11.1 Å². The summed E-state index contributed by atoms with van der Waals surface area (Å²) in [6, 6.07) is 8.75. The van der Waals surface area contributed by atoms with E-state index in [9.17, 15) is 4.79 Å². The van der Waals surface area contributed by atoms with Crippen LogP contribution in [0, 0.1) is 6.92 Å². The van der Waals surface area contributed by atoms with Crippen molar-refractivity contribution >= 4 is 5.91 Å². The van der Waals surface area contributed by atoms with Gasteiger partial charge in [-0.25, -0.2) is 0 Å². The fourth-order valence-corrected chi connectivity index (χ4v) is 3.26. The number of carbonyl (C=O) groups is 1. The number of aryl methyl sites for hydroxylation is 1. The van der Waals surface area contributed by atoms with Crippen molar-refractivity contribution in [2.24, 2.45) is 5.73 Å². The summed E-state index contributed by atoms with van der Waals surface area (Å²) < 4.78 is 0. The van der Waals surface area contributed by atoms with Gasteiger partial charge in [0, 0.05) is 24.9 Å². The molecule has 0 radical (unpaired) electrons. The van der Waals surface area contributed by atoms with E-state index in [4.69, 9.17) is 5.73 Å². The lowest BCUT2D eigenvalue weighted by Crippen LogP contribution is -2.42. The molecular weight excluding hydrogens is 248 g/mol. The minimum atomic E-state index is 0.0742. The Hall–Kier alpha value is -1.35. The highest BCUT2D eigenvalue weighted by Crippen LogP contribution is 2.39. The van der Waals surface area contributed by atoms with Crippen molar-refractivity contribution in [2.75, 3.05) is 13.1 Å². The Balaban J connectivity index is 2.15. The van der Waals surface area contributed by atoms with E-state index in [2.05, 4.69) is 36.5 Å². The van der Waals surface area contributed by atoms with E-state index < -0.39 is 0 Å². The van der Waals surface area contributed by atoms with Crippen LogP contribution in [0.4, 0.5) is 0 Å². The first-order chi connectivity index (χ1) is 9.66. The predicted molar refractivity (Wildman–Crippen MR) is 82.6 cm³/mol. The Morgan fingerprint density at radius 1 is 1.30 bits per heavy atom. The number of hydrogen-bond acceptors (Lipinski definition) is 2. The van der Waals surface area contributed by atoms with Crippen molar-refractivity contribution in [2.45, 2.75) is 50.9 Å². The molecule has 1 amide bonds. The summed E-state index contributed by atoms with van der Waals surface area (Å²) in [4.78, 5) is 11.7. The normalized spacial score (nSPS) is 17.7. The summed E-state index contributed by atoms with van der Waals surface area (Å²) in [5.41, 5.74) is 8.23. The highest BCUT2D eigenvalue weighted by Gasteiger charge is 2.34. The van der Waals surface area contributed by atoms with E-state index in [0.29, 0.717) is 13.0 Å². The van der Waals surface area contributed by atoms with Gasteiger partial charge in [0.25, 0.3) is 0 Å². The standard InChI is InChI=1S/C17H26N2O/c1-14-6-5-7-15(12-14)17(9-3-2-4-10-17)13-19-16(20)8-11-18/h5-7,12H,2-4,8-11,13,18H2,1H3,(H,19,20).